The first kappa shape index (κ1) is 13.0. The summed E-state index contributed by atoms with van der Waals surface area (Å²) in [6.45, 7) is 2.60. The van der Waals surface area contributed by atoms with E-state index >= 15 is 0 Å². The fraction of sp³-hybridized carbons (Fsp3) is 0.182. The van der Waals surface area contributed by atoms with Crippen molar-refractivity contribution in [3.63, 3.8) is 0 Å². The molecular weight excluding hydrogens is 281 g/mol. The van der Waals surface area contributed by atoms with Crippen molar-refractivity contribution in [1.29, 1.82) is 0 Å². The summed E-state index contributed by atoms with van der Waals surface area (Å²) in [4.78, 5) is 10.7. The van der Waals surface area contributed by atoms with Gasteiger partial charge in [-0.3, -0.25) is 4.79 Å². The molecule has 0 saturated heterocycles. The first-order valence-corrected chi connectivity index (χ1v) is 6.84. The number of sulfone groups is 1. The number of hydrogen-bond acceptors (Lipinski definition) is 4. The molecule has 0 bridgehead atoms. The first-order chi connectivity index (χ1) is 8.25. The maximum atomic E-state index is 13.2. The molecule has 0 radical (unpaired) electrons. The number of carbonyl (C=O) groups is 1. The molecule has 2 rings (SSSR count). The van der Waals surface area contributed by atoms with E-state index in [4.69, 9.17) is 11.6 Å². The molecule has 0 saturated carbocycles. The lowest BCUT2D eigenvalue weighted by atomic mass is 10.2. The lowest BCUT2D eigenvalue weighted by molar-refractivity contribution is -0.113. The average Bonchev–Trinajstić information content (AvgIpc) is 2.18. The normalized spacial score (nSPS) is 17.1. The van der Waals surface area contributed by atoms with Gasteiger partial charge in [-0.05, 0) is 26.0 Å². The smallest absolute Gasteiger partial charge is 0.214 e. The molecule has 7 heteroatoms. The van der Waals surface area contributed by atoms with Gasteiger partial charge in [-0.1, -0.05) is 11.6 Å². The largest absolute Gasteiger partial charge is 0.356 e. The van der Waals surface area contributed by atoms with Crippen LogP contribution in [-0.2, 0) is 14.6 Å². The molecule has 0 atom stereocenters. The second-order valence-electron chi connectivity index (χ2n) is 3.90. The van der Waals surface area contributed by atoms with Gasteiger partial charge in [-0.2, -0.15) is 0 Å². The Balaban J connectivity index is 2.84. The number of rotatable bonds is 1. The van der Waals surface area contributed by atoms with Crippen LogP contribution in [0.4, 0.5) is 10.1 Å². The van der Waals surface area contributed by atoms with Crippen molar-refractivity contribution in [3.05, 3.63) is 33.6 Å². The topological polar surface area (TPSA) is 63.2 Å². The molecule has 1 heterocycles. The van der Waals surface area contributed by atoms with Crippen LogP contribution in [0.1, 0.15) is 13.8 Å². The molecule has 1 aliphatic heterocycles. The Kier molecular flexibility index (Phi) is 2.95. The molecule has 1 aromatic rings. The van der Waals surface area contributed by atoms with Crippen LogP contribution in [0.3, 0.4) is 0 Å². The van der Waals surface area contributed by atoms with E-state index in [2.05, 4.69) is 5.32 Å². The number of carbonyl (C=O) groups excluding carboxylic acids is 1. The third-order valence-electron chi connectivity index (χ3n) is 2.55. The highest BCUT2D eigenvalue weighted by Gasteiger charge is 2.34. The van der Waals surface area contributed by atoms with Crippen molar-refractivity contribution in [1.82, 2.24) is 0 Å². The number of anilines is 1. The zero-order chi connectivity index (χ0) is 13.7. The van der Waals surface area contributed by atoms with Crippen molar-refractivity contribution in [2.45, 2.75) is 18.7 Å². The summed E-state index contributed by atoms with van der Waals surface area (Å²) in [6, 6.07) is 1.86. The van der Waals surface area contributed by atoms with Gasteiger partial charge >= 0.3 is 0 Å². The number of allylic oxidation sites excluding steroid dienone is 2. The fourth-order valence-corrected chi connectivity index (χ4v) is 3.95. The van der Waals surface area contributed by atoms with Crippen LogP contribution in [0.15, 0.2) is 27.6 Å². The number of halogens is 2. The molecule has 0 aliphatic carbocycles. The van der Waals surface area contributed by atoms with E-state index in [9.17, 15) is 17.6 Å². The van der Waals surface area contributed by atoms with Crippen LogP contribution in [0.2, 0.25) is 5.02 Å². The third kappa shape index (κ3) is 1.81. The second-order valence-corrected chi connectivity index (χ2v) is 6.16. The van der Waals surface area contributed by atoms with E-state index in [0.29, 0.717) is 0 Å². The van der Waals surface area contributed by atoms with Gasteiger partial charge in [0.2, 0.25) is 9.84 Å². The minimum absolute atomic E-state index is 0.0458. The molecule has 1 aliphatic rings. The van der Waals surface area contributed by atoms with Gasteiger partial charge in [-0.25, -0.2) is 12.8 Å². The summed E-state index contributed by atoms with van der Waals surface area (Å²) in [6.07, 6.45) is 0. The lowest BCUT2D eigenvalue weighted by Crippen LogP contribution is -2.22. The van der Waals surface area contributed by atoms with Crippen LogP contribution < -0.4 is 5.32 Å². The third-order valence-corrected chi connectivity index (χ3v) is 4.88. The quantitative estimate of drug-likeness (QED) is 0.863. The van der Waals surface area contributed by atoms with Crippen molar-refractivity contribution >= 4 is 32.9 Å². The molecule has 96 valence electrons. The zero-order valence-corrected chi connectivity index (χ0v) is 11.1. The highest BCUT2D eigenvalue weighted by Crippen LogP contribution is 2.39. The van der Waals surface area contributed by atoms with Crippen LogP contribution in [-0.4, -0.2) is 14.2 Å². The minimum Gasteiger partial charge on any atom is -0.356 e. The Bertz CT molecular complexity index is 694. The van der Waals surface area contributed by atoms with Gasteiger partial charge in [0.05, 0.1) is 15.6 Å². The monoisotopic (exact) mass is 289 g/mol. The predicted molar refractivity (Wildman–Crippen MR) is 65.6 cm³/mol. The van der Waals surface area contributed by atoms with E-state index in [1.165, 1.54) is 6.92 Å². The van der Waals surface area contributed by atoms with Crippen LogP contribution >= 0.6 is 11.6 Å². The maximum absolute atomic E-state index is 13.2. The molecule has 4 nitrogen and oxygen atoms in total. The second kappa shape index (κ2) is 4.07. The number of ketones is 1. The minimum atomic E-state index is -4.03. The highest BCUT2D eigenvalue weighted by atomic mass is 35.5. The Hall–Kier alpha value is -1.40. The number of benzene rings is 1. The number of nitrogens with one attached hydrogen (secondary N) is 1. The van der Waals surface area contributed by atoms with Gasteiger partial charge in [0.1, 0.15) is 10.7 Å². The number of hydrogen-bond donors (Lipinski definition) is 1. The van der Waals surface area contributed by atoms with Crippen LogP contribution in [0.25, 0.3) is 0 Å². The van der Waals surface area contributed by atoms with Crippen molar-refractivity contribution < 1.29 is 17.6 Å². The van der Waals surface area contributed by atoms with Gasteiger partial charge < -0.3 is 5.32 Å². The molecular formula is C11H9ClFNO3S. The van der Waals surface area contributed by atoms with E-state index in [1.54, 1.807) is 0 Å². The Morgan fingerprint density at radius 2 is 2.00 bits per heavy atom. The van der Waals surface area contributed by atoms with Crippen LogP contribution in [0, 0.1) is 5.82 Å². The summed E-state index contributed by atoms with van der Waals surface area (Å²) in [5.74, 6) is -1.38. The molecule has 1 N–H and O–H groups in total. The summed E-state index contributed by atoms with van der Waals surface area (Å²) >= 11 is 5.79. The summed E-state index contributed by atoms with van der Waals surface area (Å²) in [5.41, 5.74) is 0.282. The zero-order valence-electron chi connectivity index (χ0n) is 9.54. The van der Waals surface area contributed by atoms with E-state index in [0.717, 1.165) is 19.1 Å². The number of Topliss-reactive ketones (excluding diaryl/α,β-unsaturated/α-hetero) is 1. The molecule has 18 heavy (non-hydrogen) atoms. The maximum Gasteiger partial charge on any atom is 0.214 e. The Morgan fingerprint density at radius 3 is 2.56 bits per heavy atom. The predicted octanol–water partition coefficient (Wildman–Crippen LogP) is 2.50. The van der Waals surface area contributed by atoms with Crippen molar-refractivity contribution in [2.24, 2.45) is 0 Å². The standard InChI is InChI=1S/C11H9ClFNO3S/c1-5-11(6(2)15)18(16,17)9-4-7(13)3-8(12)10(9)14-5/h3-4,14H,1-2H3. The van der Waals surface area contributed by atoms with Crippen molar-refractivity contribution in [2.75, 3.05) is 5.32 Å². The van der Waals surface area contributed by atoms with E-state index in [1.807, 2.05) is 0 Å². The number of fused-ring (bicyclic) bond motifs is 1. The van der Waals surface area contributed by atoms with Gasteiger partial charge in [0, 0.05) is 5.70 Å². The molecule has 0 fully saturated rings. The average molecular weight is 290 g/mol. The summed E-state index contributed by atoms with van der Waals surface area (Å²) in [7, 11) is -4.03. The molecule has 1 aromatic carbocycles. The summed E-state index contributed by atoms with van der Waals surface area (Å²) < 4.78 is 37.7. The Labute approximate surface area is 108 Å². The SMILES string of the molecule is CC(=O)C1=C(C)Nc2c(Cl)cc(F)cc2S1(=O)=O. The molecule has 0 unspecified atom stereocenters. The van der Waals surface area contributed by atoms with Gasteiger partial charge in [0.25, 0.3) is 0 Å². The van der Waals surface area contributed by atoms with Gasteiger partial charge in [-0.15, -0.1) is 0 Å². The highest BCUT2D eigenvalue weighted by molar-refractivity contribution is 7.96. The van der Waals surface area contributed by atoms with Crippen molar-refractivity contribution in [3.8, 4) is 0 Å². The van der Waals surface area contributed by atoms with E-state index < -0.39 is 21.4 Å². The fourth-order valence-electron chi connectivity index (χ4n) is 1.89. The van der Waals surface area contributed by atoms with Gasteiger partial charge in [0.15, 0.2) is 5.78 Å². The summed E-state index contributed by atoms with van der Waals surface area (Å²) in [5, 5.41) is 2.68. The van der Waals surface area contributed by atoms with E-state index in [-0.39, 0.29) is 26.2 Å². The molecule has 0 aromatic heterocycles. The lowest BCUT2D eigenvalue weighted by Gasteiger charge is -2.22. The van der Waals surface area contributed by atoms with Crippen LogP contribution in [0.5, 0.6) is 0 Å². The first-order valence-electron chi connectivity index (χ1n) is 4.98. The Morgan fingerprint density at radius 1 is 1.39 bits per heavy atom. The molecule has 0 spiro atoms. The molecule has 0 amide bonds.